The monoisotopic (exact) mass is 601 g/mol. The fourth-order valence-corrected chi connectivity index (χ4v) is 7.39. The van der Waals surface area contributed by atoms with Crippen molar-refractivity contribution >= 4 is 50.6 Å². The lowest BCUT2D eigenvalue weighted by Gasteiger charge is -2.27. The Kier molecular flexibility index (Phi) is 7.86. The van der Waals surface area contributed by atoms with E-state index in [-0.39, 0.29) is 35.6 Å². The second kappa shape index (κ2) is 11.7. The quantitative estimate of drug-likeness (QED) is 0.153. The van der Waals surface area contributed by atoms with Crippen molar-refractivity contribution in [3.05, 3.63) is 108 Å². The molecule has 0 radical (unpaired) electrons. The first-order valence-electron chi connectivity index (χ1n) is 15.6. The Labute approximate surface area is 265 Å². The van der Waals surface area contributed by atoms with Gasteiger partial charge in [-0.2, -0.15) is 4.58 Å². The maximum atomic E-state index is 12.3. The highest BCUT2D eigenvalue weighted by Crippen LogP contribution is 2.51. The molecule has 0 N–H and O–H groups in total. The van der Waals surface area contributed by atoms with Crippen molar-refractivity contribution in [1.29, 1.82) is 0 Å². The van der Waals surface area contributed by atoms with E-state index in [9.17, 15) is 9.59 Å². The molecule has 6 nitrogen and oxygen atoms in total. The lowest BCUT2D eigenvalue weighted by molar-refractivity contribution is -0.436. The zero-order valence-corrected chi connectivity index (χ0v) is 27.0. The summed E-state index contributed by atoms with van der Waals surface area (Å²) in [4.78, 5) is 26.8. The average Bonchev–Trinajstić information content (AvgIpc) is 3.40. The SMILES string of the molecule is COC(=O)CCN1/C(=C\C=C\C2=[N+](CCC(=O)OC)c3ccc4ccccc4c3C2(C)C)C(C)(C)c2c1ccc1ccccc21. The third kappa shape index (κ3) is 5.12. The van der Waals surface area contributed by atoms with Crippen LogP contribution in [-0.2, 0) is 29.9 Å². The van der Waals surface area contributed by atoms with E-state index in [1.807, 2.05) is 0 Å². The molecule has 4 aromatic carbocycles. The zero-order valence-electron chi connectivity index (χ0n) is 27.0. The van der Waals surface area contributed by atoms with E-state index in [1.54, 1.807) is 0 Å². The molecule has 0 atom stereocenters. The highest BCUT2D eigenvalue weighted by molar-refractivity contribution is 6.07. The fourth-order valence-electron chi connectivity index (χ4n) is 7.39. The van der Waals surface area contributed by atoms with Crippen LogP contribution < -0.4 is 4.90 Å². The van der Waals surface area contributed by atoms with Crippen molar-refractivity contribution in [3.63, 3.8) is 0 Å². The topological polar surface area (TPSA) is 58.8 Å². The van der Waals surface area contributed by atoms with Gasteiger partial charge in [-0.05, 0) is 59.2 Å². The first kappa shape index (κ1) is 30.3. The van der Waals surface area contributed by atoms with Crippen LogP contribution in [0.25, 0.3) is 21.5 Å². The Morgan fingerprint density at radius 1 is 0.756 bits per heavy atom. The Bertz CT molecular complexity index is 1930. The van der Waals surface area contributed by atoms with E-state index in [1.165, 1.54) is 46.9 Å². The molecule has 4 aromatic rings. The van der Waals surface area contributed by atoms with Crippen molar-refractivity contribution in [1.82, 2.24) is 0 Å². The summed E-state index contributed by atoms with van der Waals surface area (Å²) >= 11 is 0. The molecule has 2 aliphatic heterocycles. The number of fused-ring (bicyclic) bond motifs is 6. The van der Waals surface area contributed by atoms with Gasteiger partial charge < -0.3 is 14.4 Å². The van der Waals surface area contributed by atoms with Crippen LogP contribution in [0.3, 0.4) is 0 Å². The number of rotatable bonds is 8. The maximum absolute atomic E-state index is 12.3. The van der Waals surface area contributed by atoms with Crippen LogP contribution in [0, 0.1) is 0 Å². The van der Waals surface area contributed by atoms with Gasteiger partial charge in [-0.15, -0.1) is 0 Å². The molecule has 6 rings (SSSR count). The summed E-state index contributed by atoms with van der Waals surface area (Å²) in [6.45, 7) is 10.1. The zero-order chi connectivity index (χ0) is 31.9. The smallest absolute Gasteiger partial charge is 0.311 e. The molecule has 0 aromatic heterocycles. The molecule has 230 valence electrons. The molecular formula is C39H41N2O4+. The Morgan fingerprint density at radius 3 is 2.02 bits per heavy atom. The van der Waals surface area contributed by atoms with Gasteiger partial charge in [0.25, 0.3) is 0 Å². The van der Waals surface area contributed by atoms with Gasteiger partial charge in [0.1, 0.15) is 6.42 Å². The number of esters is 2. The van der Waals surface area contributed by atoms with Gasteiger partial charge in [0.05, 0.1) is 26.1 Å². The van der Waals surface area contributed by atoms with Crippen LogP contribution in [-0.4, -0.2) is 49.5 Å². The van der Waals surface area contributed by atoms with Crippen molar-refractivity contribution in [2.45, 2.75) is 51.4 Å². The number of carbonyl (C=O) groups excluding carboxylic acids is 2. The number of hydrogen-bond acceptors (Lipinski definition) is 5. The second-order valence-electron chi connectivity index (χ2n) is 12.9. The molecule has 0 amide bonds. The lowest BCUT2D eigenvalue weighted by atomic mass is 9.79. The molecule has 2 heterocycles. The number of carbonyl (C=O) groups is 2. The van der Waals surface area contributed by atoms with E-state index in [0.29, 0.717) is 13.1 Å². The van der Waals surface area contributed by atoms with Crippen LogP contribution in [0.5, 0.6) is 0 Å². The predicted octanol–water partition coefficient (Wildman–Crippen LogP) is 7.73. The van der Waals surface area contributed by atoms with Crippen molar-refractivity contribution in [3.8, 4) is 0 Å². The largest absolute Gasteiger partial charge is 0.469 e. The van der Waals surface area contributed by atoms with Crippen molar-refractivity contribution < 1.29 is 23.6 Å². The molecule has 0 saturated heterocycles. The van der Waals surface area contributed by atoms with E-state index < -0.39 is 0 Å². The van der Waals surface area contributed by atoms with Crippen LogP contribution in [0.1, 0.15) is 51.7 Å². The summed E-state index contributed by atoms with van der Waals surface area (Å²) in [6.07, 6.45) is 7.08. The molecular weight excluding hydrogens is 560 g/mol. The van der Waals surface area contributed by atoms with Crippen LogP contribution >= 0.6 is 0 Å². The minimum absolute atomic E-state index is 0.230. The third-order valence-electron chi connectivity index (χ3n) is 9.55. The standard InChI is InChI=1S/C39H41N2O4/c1-38(2)32(40(24-22-34(42)44-5)30-20-18-26-12-7-9-14-28(26)36(30)38)16-11-17-33-39(3,4)37-29-15-10-8-13-27(29)19-21-31(37)41(33)25-23-35(43)45-6/h7-21H,22-25H2,1-6H3/q+1. The van der Waals surface area contributed by atoms with Gasteiger partial charge in [-0.25, -0.2) is 0 Å². The lowest BCUT2D eigenvalue weighted by Crippen LogP contribution is -2.29. The average molecular weight is 602 g/mol. The number of ether oxygens (including phenoxy) is 2. The minimum Gasteiger partial charge on any atom is -0.469 e. The molecule has 0 saturated carbocycles. The first-order chi connectivity index (χ1) is 21.6. The van der Waals surface area contributed by atoms with E-state index in [0.717, 1.165) is 22.8 Å². The number of allylic oxidation sites excluding steroid dienone is 4. The Balaban J connectivity index is 1.46. The molecule has 0 unspecified atom stereocenters. The van der Waals surface area contributed by atoms with Gasteiger partial charge in [0, 0.05) is 41.1 Å². The molecule has 6 heteroatoms. The molecule has 0 bridgehead atoms. The molecule has 45 heavy (non-hydrogen) atoms. The van der Waals surface area contributed by atoms with E-state index >= 15 is 0 Å². The summed E-state index contributed by atoms with van der Waals surface area (Å²) in [5.74, 6) is -0.460. The number of benzene rings is 4. The van der Waals surface area contributed by atoms with Crippen LogP contribution in [0.2, 0.25) is 0 Å². The predicted molar refractivity (Wildman–Crippen MR) is 182 cm³/mol. The molecule has 0 spiro atoms. The fraction of sp³-hybridized carbons (Fsp3) is 0.308. The van der Waals surface area contributed by atoms with E-state index in [2.05, 4.69) is 128 Å². The Hall–Kier alpha value is -4.71. The summed E-state index contributed by atoms with van der Waals surface area (Å²) < 4.78 is 12.3. The third-order valence-corrected chi connectivity index (χ3v) is 9.55. The normalized spacial score (nSPS) is 17.4. The summed E-state index contributed by atoms with van der Waals surface area (Å²) in [7, 11) is 2.87. The number of hydrogen-bond donors (Lipinski definition) is 0. The van der Waals surface area contributed by atoms with Crippen LogP contribution in [0.4, 0.5) is 11.4 Å². The first-order valence-corrected chi connectivity index (χ1v) is 15.6. The van der Waals surface area contributed by atoms with Gasteiger partial charge in [-0.3, -0.25) is 9.59 Å². The summed E-state index contributed by atoms with van der Waals surface area (Å²) in [6, 6.07) is 25.6. The summed E-state index contributed by atoms with van der Waals surface area (Å²) in [5.41, 5.74) is 6.38. The Morgan fingerprint density at radius 2 is 1.36 bits per heavy atom. The maximum Gasteiger partial charge on any atom is 0.311 e. The molecule has 0 fully saturated rings. The highest BCUT2D eigenvalue weighted by Gasteiger charge is 2.46. The van der Waals surface area contributed by atoms with Gasteiger partial charge >= 0.3 is 11.9 Å². The van der Waals surface area contributed by atoms with Gasteiger partial charge in [0.15, 0.2) is 12.3 Å². The van der Waals surface area contributed by atoms with Gasteiger partial charge in [0.2, 0.25) is 5.69 Å². The number of nitrogens with zero attached hydrogens (tertiary/aromatic N) is 2. The molecule has 2 aliphatic rings. The number of methoxy groups -OCH3 is 2. The van der Waals surface area contributed by atoms with Gasteiger partial charge in [-0.1, -0.05) is 74.5 Å². The molecule has 0 aliphatic carbocycles. The van der Waals surface area contributed by atoms with Crippen molar-refractivity contribution in [2.75, 3.05) is 32.2 Å². The summed E-state index contributed by atoms with van der Waals surface area (Å²) in [5, 5.41) is 4.84. The van der Waals surface area contributed by atoms with Crippen molar-refractivity contribution in [2.24, 2.45) is 0 Å². The second-order valence-corrected chi connectivity index (χ2v) is 12.9. The highest BCUT2D eigenvalue weighted by atomic mass is 16.5. The minimum atomic E-state index is -0.309. The van der Waals surface area contributed by atoms with E-state index in [4.69, 9.17) is 9.47 Å². The van der Waals surface area contributed by atoms with Crippen LogP contribution in [0.15, 0.2) is 96.7 Å². The number of anilines is 1.